The molecule has 0 unspecified atom stereocenters. The van der Waals surface area contributed by atoms with E-state index in [1.54, 1.807) is 0 Å². The van der Waals surface area contributed by atoms with Gasteiger partial charge in [0.05, 0.1) is 0 Å². The highest BCUT2D eigenvalue weighted by Crippen LogP contribution is 2.09. The zero-order valence-corrected chi connectivity index (χ0v) is 15.3. The van der Waals surface area contributed by atoms with Crippen LogP contribution in [0.1, 0.15) is 44.3 Å². The number of aromatic nitrogens is 2. The van der Waals surface area contributed by atoms with Crippen LogP contribution in [0.15, 0.2) is 17.4 Å². The normalized spacial score (nSPS) is 16.4. The van der Waals surface area contributed by atoms with Gasteiger partial charge in [-0.2, -0.15) is 0 Å². The molecule has 0 amide bonds. The van der Waals surface area contributed by atoms with E-state index in [1.165, 1.54) is 25.7 Å². The maximum atomic E-state index is 6.08. The van der Waals surface area contributed by atoms with Crippen LogP contribution in [0.2, 0.25) is 0 Å². The van der Waals surface area contributed by atoms with Crippen molar-refractivity contribution in [2.75, 3.05) is 19.6 Å². The van der Waals surface area contributed by atoms with Gasteiger partial charge in [0.1, 0.15) is 5.82 Å². The molecule has 0 saturated carbocycles. The van der Waals surface area contributed by atoms with E-state index in [1.807, 2.05) is 19.3 Å². The third-order valence-corrected chi connectivity index (χ3v) is 3.93. The number of imidazole rings is 1. The Morgan fingerprint density at radius 2 is 1.95 bits per heavy atom. The zero-order valence-electron chi connectivity index (χ0n) is 13.0. The Hall–Kier alpha value is -0.790. The summed E-state index contributed by atoms with van der Waals surface area (Å²) >= 11 is 0. The molecule has 120 valence electrons. The number of nitrogens with zero attached hydrogens (tertiary/aromatic N) is 4. The van der Waals surface area contributed by atoms with Gasteiger partial charge in [0, 0.05) is 38.6 Å². The number of rotatable bonds is 5. The van der Waals surface area contributed by atoms with Gasteiger partial charge in [-0.25, -0.2) is 4.98 Å². The van der Waals surface area contributed by atoms with E-state index in [0.29, 0.717) is 0 Å². The van der Waals surface area contributed by atoms with Crippen molar-refractivity contribution in [3.8, 4) is 0 Å². The van der Waals surface area contributed by atoms with Crippen molar-refractivity contribution < 1.29 is 0 Å². The van der Waals surface area contributed by atoms with E-state index < -0.39 is 0 Å². The van der Waals surface area contributed by atoms with Gasteiger partial charge in [0.2, 0.25) is 0 Å². The van der Waals surface area contributed by atoms with Crippen molar-refractivity contribution in [3.05, 3.63) is 18.2 Å². The zero-order chi connectivity index (χ0) is 14.2. The van der Waals surface area contributed by atoms with Gasteiger partial charge in [0.15, 0.2) is 5.96 Å². The lowest BCUT2D eigenvalue weighted by Gasteiger charge is -2.21. The van der Waals surface area contributed by atoms with E-state index in [9.17, 15) is 0 Å². The summed E-state index contributed by atoms with van der Waals surface area (Å²) in [5.74, 6) is 1.82. The number of halogens is 1. The van der Waals surface area contributed by atoms with E-state index >= 15 is 0 Å². The first-order valence-corrected chi connectivity index (χ1v) is 7.80. The fourth-order valence-corrected chi connectivity index (χ4v) is 2.63. The summed E-state index contributed by atoms with van der Waals surface area (Å²) in [6.07, 6.45) is 11.2. The van der Waals surface area contributed by atoms with Crippen LogP contribution >= 0.6 is 24.0 Å². The Bertz CT molecular complexity index is 421. The van der Waals surface area contributed by atoms with Gasteiger partial charge in [0.25, 0.3) is 0 Å². The first-order chi connectivity index (χ1) is 9.77. The van der Waals surface area contributed by atoms with Crippen molar-refractivity contribution in [1.82, 2.24) is 14.5 Å². The fourth-order valence-electron chi connectivity index (χ4n) is 2.63. The Balaban J connectivity index is 0.00000220. The molecule has 2 rings (SSSR count). The second kappa shape index (κ2) is 10.0. The molecule has 1 aromatic heterocycles. The molecule has 1 aliphatic heterocycles. The van der Waals surface area contributed by atoms with Gasteiger partial charge >= 0.3 is 0 Å². The van der Waals surface area contributed by atoms with Crippen molar-refractivity contribution in [2.24, 2.45) is 10.7 Å². The standard InChI is InChI=1S/C15H27N5.HI/c1-14-17-9-13-19(14)10-7-4-8-18-15(16)20-11-5-2-3-6-12-20;/h9,13H,2-8,10-12H2,1H3,(H2,16,18);1H. The molecule has 6 heteroatoms. The van der Waals surface area contributed by atoms with Gasteiger partial charge in [-0.05, 0) is 32.6 Å². The summed E-state index contributed by atoms with van der Waals surface area (Å²) in [5.41, 5.74) is 6.08. The number of guanidine groups is 1. The molecule has 0 radical (unpaired) electrons. The molecule has 0 atom stereocenters. The molecule has 2 heterocycles. The second-order valence-electron chi connectivity index (χ2n) is 5.52. The molecule has 1 saturated heterocycles. The van der Waals surface area contributed by atoms with Crippen LogP contribution < -0.4 is 5.73 Å². The minimum atomic E-state index is 0. The van der Waals surface area contributed by atoms with Crippen molar-refractivity contribution >= 4 is 29.9 Å². The average Bonchev–Trinajstić information content (AvgIpc) is 2.69. The highest BCUT2D eigenvalue weighted by Gasteiger charge is 2.10. The smallest absolute Gasteiger partial charge is 0.191 e. The van der Waals surface area contributed by atoms with E-state index in [-0.39, 0.29) is 24.0 Å². The number of likely N-dealkylation sites (tertiary alicyclic amines) is 1. The van der Waals surface area contributed by atoms with Crippen LogP contribution in [-0.2, 0) is 6.54 Å². The van der Waals surface area contributed by atoms with Crippen LogP contribution in [0, 0.1) is 6.92 Å². The van der Waals surface area contributed by atoms with E-state index in [4.69, 9.17) is 5.73 Å². The molecule has 21 heavy (non-hydrogen) atoms. The van der Waals surface area contributed by atoms with Crippen LogP contribution in [0.25, 0.3) is 0 Å². The molecule has 0 bridgehead atoms. The molecule has 1 aromatic rings. The Morgan fingerprint density at radius 1 is 1.24 bits per heavy atom. The van der Waals surface area contributed by atoms with Gasteiger partial charge in [-0.3, -0.25) is 4.99 Å². The highest BCUT2D eigenvalue weighted by molar-refractivity contribution is 14.0. The van der Waals surface area contributed by atoms with Crippen LogP contribution in [0.3, 0.4) is 0 Å². The van der Waals surface area contributed by atoms with Crippen molar-refractivity contribution in [1.29, 1.82) is 0 Å². The third kappa shape index (κ3) is 6.23. The number of hydrogen-bond donors (Lipinski definition) is 1. The van der Waals surface area contributed by atoms with Crippen LogP contribution in [0.4, 0.5) is 0 Å². The van der Waals surface area contributed by atoms with Crippen LogP contribution in [-0.4, -0.2) is 40.0 Å². The Labute approximate surface area is 145 Å². The molecule has 5 nitrogen and oxygen atoms in total. The number of nitrogens with two attached hydrogens (primary N) is 1. The minimum Gasteiger partial charge on any atom is -0.370 e. The SMILES string of the molecule is Cc1nccn1CCCCN=C(N)N1CCCCCC1.I. The maximum Gasteiger partial charge on any atom is 0.191 e. The number of unbranched alkanes of at least 4 members (excludes halogenated alkanes) is 1. The number of hydrogen-bond acceptors (Lipinski definition) is 2. The topological polar surface area (TPSA) is 59.4 Å². The van der Waals surface area contributed by atoms with Crippen LogP contribution in [0.5, 0.6) is 0 Å². The first kappa shape index (κ1) is 18.3. The third-order valence-electron chi connectivity index (χ3n) is 3.93. The van der Waals surface area contributed by atoms with Crippen molar-refractivity contribution in [2.45, 2.75) is 52.0 Å². The lowest BCUT2D eigenvalue weighted by atomic mass is 10.2. The summed E-state index contributed by atoms with van der Waals surface area (Å²) in [6.45, 7) is 6.03. The molecule has 0 aromatic carbocycles. The monoisotopic (exact) mass is 405 g/mol. The van der Waals surface area contributed by atoms with Crippen molar-refractivity contribution in [3.63, 3.8) is 0 Å². The average molecular weight is 405 g/mol. The van der Waals surface area contributed by atoms with E-state index in [2.05, 4.69) is 19.4 Å². The summed E-state index contributed by atoms with van der Waals surface area (Å²) in [6, 6.07) is 0. The van der Waals surface area contributed by atoms with Gasteiger partial charge < -0.3 is 15.2 Å². The molecule has 1 fully saturated rings. The molecule has 1 aliphatic rings. The van der Waals surface area contributed by atoms with Gasteiger partial charge in [-0.15, -0.1) is 24.0 Å². The highest BCUT2D eigenvalue weighted by atomic mass is 127. The second-order valence-corrected chi connectivity index (χ2v) is 5.52. The van der Waals surface area contributed by atoms with E-state index in [0.717, 1.165) is 50.8 Å². The maximum absolute atomic E-state index is 6.08. The fraction of sp³-hybridized carbons (Fsp3) is 0.733. The first-order valence-electron chi connectivity index (χ1n) is 7.80. The number of aryl methyl sites for hydroxylation is 2. The predicted molar refractivity (Wildman–Crippen MR) is 98.1 cm³/mol. The number of aliphatic imine (C=N–C) groups is 1. The lowest BCUT2D eigenvalue weighted by molar-refractivity contribution is 0.428. The predicted octanol–water partition coefficient (Wildman–Crippen LogP) is 2.78. The lowest BCUT2D eigenvalue weighted by Crippen LogP contribution is -2.38. The minimum absolute atomic E-state index is 0. The summed E-state index contributed by atoms with van der Waals surface area (Å²) in [5, 5.41) is 0. The van der Waals surface area contributed by atoms with Gasteiger partial charge in [-0.1, -0.05) is 12.8 Å². The largest absolute Gasteiger partial charge is 0.370 e. The summed E-state index contributed by atoms with van der Waals surface area (Å²) in [4.78, 5) is 11.0. The molecule has 2 N–H and O–H groups in total. The molecule has 0 spiro atoms. The Morgan fingerprint density at radius 3 is 2.57 bits per heavy atom. The molecule has 0 aliphatic carbocycles. The summed E-state index contributed by atoms with van der Waals surface area (Å²) < 4.78 is 2.18. The molecular formula is C15H28IN5. The Kier molecular flexibility index (Phi) is 8.72. The summed E-state index contributed by atoms with van der Waals surface area (Å²) in [7, 11) is 0. The quantitative estimate of drug-likeness (QED) is 0.355. The molecular weight excluding hydrogens is 377 g/mol.